The first-order valence-electron chi connectivity index (χ1n) is 27.4. The second-order valence-electron chi connectivity index (χ2n) is 21.5. The molecule has 0 aromatic heterocycles. The molecule has 468 valence electrons. The third-order valence-electron chi connectivity index (χ3n) is 14.6. The van der Waals surface area contributed by atoms with Crippen molar-refractivity contribution >= 4 is 92.4 Å². The summed E-state index contributed by atoms with van der Waals surface area (Å²) in [6.45, 7) is 11.9. The number of halogens is 5. The van der Waals surface area contributed by atoms with Crippen LogP contribution in [0.1, 0.15) is 97.1 Å². The van der Waals surface area contributed by atoms with Gasteiger partial charge >= 0.3 is 30.4 Å². The number of anilines is 3. The number of allylic oxidation sites excluding steroid dienone is 3. The zero-order valence-corrected chi connectivity index (χ0v) is 50.8. The van der Waals surface area contributed by atoms with E-state index in [0.29, 0.717) is 37.3 Å². The smallest absolute Gasteiger partial charge is 0.418 e. The number of ether oxygens (including phenoxy) is 6. The molecular weight excluding hydrogens is 1210 g/mol. The Bertz CT molecular complexity index is 2880. The molecule has 23 nitrogen and oxygen atoms in total. The highest BCUT2D eigenvalue weighted by Gasteiger charge is 2.64. The molecule has 2 saturated heterocycles. The van der Waals surface area contributed by atoms with Crippen molar-refractivity contribution in [2.24, 2.45) is 17.6 Å². The third kappa shape index (κ3) is 19.0. The Hall–Kier alpha value is -6.94. The molecule has 2 aromatic carbocycles. The molecule has 2 aromatic rings. The Morgan fingerprint density at radius 1 is 1.04 bits per heavy atom. The van der Waals surface area contributed by atoms with E-state index in [1.54, 1.807) is 51.1 Å². The number of hydrogen-bond donors (Lipinski definition) is 8. The molecule has 3 aliphatic rings. The van der Waals surface area contributed by atoms with Gasteiger partial charge in [-0.2, -0.15) is 13.2 Å². The second-order valence-corrected chi connectivity index (χ2v) is 22.5. The quantitative estimate of drug-likeness (QED) is 0.0142. The number of epoxide rings is 1. The van der Waals surface area contributed by atoms with Gasteiger partial charge in [0.25, 0.3) is 0 Å². The Balaban J connectivity index is 1.38. The van der Waals surface area contributed by atoms with Gasteiger partial charge in [-0.25, -0.2) is 19.2 Å². The summed E-state index contributed by atoms with van der Waals surface area (Å²) in [5, 5.41) is 26.7. The molecular formula is C57H75BrClF3N8O15. The van der Waals surface area contributed by atoms with E-state index in [4.69, 9.17) is 45.8 Å². The summed E-state index contributed by atoms with van der Waals surface area (Å²) in [5.74, 6) is -4.53. The van der Waals surface area contributed by atoms with Crippen LogP contribution in [0.3, 0.4) is 0 Å². The Morgan fingerprint density at radius 2 is 1.75 bits per heavy atom. The molecule has 0 radical (unpaired) electrons. The van der Waals surface area contributed by atoms with Crippen LogP contribution in [0.5, 0.6) is 5.75 Å². The van der Waals surface area contributed by atoms with Crippen LogP contribution in [0.15, 0.2) is 66.3 Å². The minimum Gasteiger partial charge on any atom is -0.495 e. The number of alkyl halides is 4. The number of benzene rings is 2. The van der Waals surface area contributed by atoms with Gasteiger partial charge in [0.2, 0.25) is 23.6 Å². The fraction of sp³-hybridized carbons (Fsp3) is 0.544. The molecule has 0 saturated carbocycles. The number of nitrogens with zero attached hydrogens (tertiary/aromatic N) is 1. The highest BCUT2D eigenvalue weighted by atomic mass is 79.9. The fourth-order valence-corrected chi connectivity index (χ4v) is 10.3. The van der Waals surface area contributed by atoms with Crippen molar-refractivity contribution in [3.63, 3.8) is 0 Å². The maximum absolute atomic E-state index is 15.0. The molecule has 4 bridgehead atoms. The van der Waals surface area contributed by atoms with Crippen molar-refractivity contribution in [3.05, 3.63) is 82.4 Å². The lowest BCUT2D eigenvalue weighted by Crippen LogP contribution is -2.63. The molecule has 8 amide bonds. The summed E-state index contributed by atoms with van der Waals surface area (Å²) in [6, 6.07) is 2.31. The Morgan fingerprint density at radius 3 is 2.40 bits per heavy atom. The number of esters is 1. The van der Waals surface area contributed by atoms with Crippen LogP contribution in [0.25, 0.3) is 0 Å². The van der Waals surface area contributed by atoms with Gasteiger partial charge in [0, 0.05) is 56.1 Å². The molecule has 5 rings (SSSR count). The van der Waals surface area contributed by atoms with Gasteiger partial charge in [-0.1, -0.05) is 78.7 Å². The van der Waals surface area contributed by atoms with Gasteiger partial charge in [-0.05, 0) is 94.2 Å². The van der Waals surface area contributed by atoms with Gasteiger partial charge in [0.1, 0.15) is 46.8 Å². The molecule has 0 spiro atoms. The van der Waals surface area contributed by atoms with Crippen molar-refractivity contribution in [2.45, 2.75) is 146 Å². The number of fused-ring (bicyclic) bond motifs is 5. The standard InChI is InChI=1S/C57H75BrClF3N8O15/c1-30(2)47(68-44(71)18-11-10-12-22-82-51(75)32(4)29-58)50(74)66-38(16-14-21-64-52(63)76)49(73)65-35-19-20-37(36(26-35)57(60,61)62)67-53(77)84-43-27-45(72)70(7)39-24-34(25-40(80-8)46(39)59)23-31(3)15-13-17-42(81-9)56(79)28-41(83-54(78)69-56)33(5)48-55(43,6)85-48/h13,15,17,19-20,24-26,30,33,38,41-43,47-48,79H,4,10-12,14,16,18,21-23,27-29H2,1-3,5-9H3,(H,65,73)(H,66,74)(H,67,77)(H,68,71)(H,69,78)(H3,63,64,76)/b17-13+,31-15+/t33-,38+,41+,42-,43+,47+,48+,55+,56+/m1/s1. The van der Waals surface area contributed by atoms with Gasteiger partial charge in [0.05, 0.1) is 43.2 Å². The van der Waals surface area contributed by atoms with Crippen LogP contribution >= 0.6 is 27.5 Å². The van der Waals surface area contributed by atoms with Crippen molar-refractivity contribution in [1.29, 1.82) is 0 Å². The van der Waals surface area contributed by atoms with E-state index in [0.717, 1.165) is 17.7 Å². The summed E-state index contributed by atoms with van der Waals surface area (Å²) < 4.78 is 79.1. The zero-order valence-electron chi connectivity index (χ0n) is 48.5. The second kappa shape index (κ2) is 30.4. The number of alkyl carbamates (subject to hydrolysis) is 1. The number of aliphatic hydroxyl groups is 1. The molecule has 9 N–H and O–H groups in total. The van der Waals surface area contributed by atoms with E-state index in [-0.39, 0.29) is 66.2 Å². The number of methoxy groups -OCH3 is 2. The van der Waals surface area contributed by atoms with E-state index < -0.39 is 137 Å². The first-order valence-corrected chi connectivity index (χ1v) is 28.9. The number of nitrogens with two attached hydrogens (primary N) is 1. The molecule has 28 heteroatoms. The predicted molar refractivity (Wildman–Crippen MR) is 311 cm³/mol. The molecule has 3 aliphatic heterocycles. The topological polar surface area (TPSA) is 317 Å². The van der Waals surface area contributed by atoms with Crippen molar-refractivity contribution in [3.8, 4) is 5.75 Å². The van der Waals surface area contributed by atoms with Crippen molar-refractivity contribution < 1.29 is 85.1 Å². The number of urea groups is 1. The number of nitrogens with one attached hydrogen (secondary N) is 6. The highest BCUT2D eigenvalue weighted by molar-refractivity contribution is 9.09. The fourth-order valence-electron chi connectivity index (χ4n) is 9.78. The number of unbranched alkanes of at least 4 members (excludes halogenated alkanes) is 2. The van der Waals surface area contributed by atoms with Gasteiger partial charge in [-0.15, -0.1) is 0 Å². The van der Waals surface area contributed by atoms with E-state index in [1.807, 2.05) is 6.92 Å². The van der Waals surface area contributed by atoms with Crippen molar-refractivity contribution in [2.75, 3.05) is 55.3 Å². The summed E-state index contributed by atoms with van der Waals surface area (Å²) in [6.07, 6.45) is -6.53. The average Bonchev–Trinajstić information content (AvgIpc) is 1.76. The van der Waals surface area contributed by atoms with E-state index in [2.05, 4.69) is 54.4 Å². The van der Waals surface area contributed by atoms with E-state index in [1.165, 1.54) is 33.1 Å². The third-order valence-corrected chi connectivity index (χ3v) is 15.7. The van der Waals surface area contributed by atoms with Crippen LogP contribution in [-0.2, 0) is 60.3 Å². The molecule has 0 aliphatic carbocycles. The molecule has 85 heavy (non-hydrogen) atoms. The van der Waals surface area contributed by atoms with Crippen LogP contribution in [0, 0.1) is 11.8 Å². The highest BCUT2D eigenvalue weighted by Crippen LogP contribution is 2.49. The van der Waals surface area contributed by atoms with Gasteiger partial charge < -0.3 is 65.4 Å². The van der Waals surface area contributed by atoms with Crippen LogP contribution in [0.2, 0.25) is 5.02 Å². The number of hydrogen-bond acceptors (Lipinski definition) is 15. The number of carbonyl (C=O) groups is 8. The van der Waals surface area contributed by atoms with Gasteiger partial charge in [-0.3, -0.25) is 29.8 Å². The lowest BCUT2D eigenvalue weighted by molar-refractivity contribution is -0.142. The number of carbonyl (C=O) groups excluding carboxylic acids is 8. The summed E-state index contributed by atoms with van der Waals surface area (Å²) in [4.78, 5) is 107. The lowest BCUT2D eigenvalue weighted by Gasteiger charge is -2.42. The average molecular weight is 1280 g/mol. The largest absolute Gasteiger partial charge is 0.495 e. The Kier molecular flexibility index (Phi) is 24.6. The van der Waals surface area contributed by atoms with E-state index in [9.17, 15) is 43.5 Å². The number of rotatable bonds is 22. The zero-order chi connectivity index (χ0) is 63.1. The maximum atomic E-state index is 15.0. The monoisotopic (exact) mass is 1280 g/mol. The minimum atomic E-state index is -5.19. The molecule has 9 atom stereocenters. The minimum absolute atomic E-state index is 0.0103. The summed E-state index contributed by atoms with van der Waals surface area (Å²) in [7, 11) is 4.16. The number of primary amides is 1. The van der Waals surface area contributed by atoms with Gasteiger partial charge in [0.15, 0.2) is 5.72 Å². The summed E-state index contributed by atoms with van der Waals surface area (Å²) in [5.41, 5.74) is 0.876. The predicted octanol–water partition coefficient (Wildman–Crippen LogP) is 7.46. The van der Waals surface area contributed by atoms with Crippen LogP contribution in [0.4, 0.5) is 44.6 Å². The molecule has 0 unspecified atom stereocenters. The first-order chi connectivity index (χ1) is 39.9. The van der Waals surface area contributed by atoms with E-state index >= 15 is 13.2 Å². The number of amides is 8. The lowest BCUT2D eigenvalue weighted by atomic mass is 9.83. The maximum Gasteiger partial charge on any atom is 0.418 e. The summed E-state index contributed by atoms with van der Waals surface area (Å²) >= 11 is 9.92. The normalized spacial score (nSPS) is 24.1. The van der Waals surface area contributed by atoms with Crippen molar-refractivity contribution in [1.82, 2.24) is 21.3 Å². The van der Waals surface area contributed by atoms with Crippen LogP contribution in [-0.4, -0.2) is 140 Å². The molecule has 2 fully saturated rings. The van der Waals surface area contributed by atoms with Crippen LogP contribution < -0.4 is 47.3 Å². The SMILES string of the molecule is C=C(CBr)C(=O)OCCCCCC(=O)N[C@H](C(=O)N[C@@H](CCCNC(N)=O)C(=O)Nc1ccc(NC(=O)O[C@H]2CC(=O)N(C)c3cc(cc(OC)c3Cl)C/C(C)=C/C=C/[C@@H](OC)[C@@]3(O)C[C@H](OC(=O)N3)[C@@H](C)[C@@H]3O[C@@]23C)c(C(F)(F)F)c1)C(C)C. The Labute approximate surface area is 504 Å². The molecule has 3 heterocycles. The first kappa shape index (κ1) is 68.8.